The van der Waals surface area contributed by atoms with Crippen LogP contribution in [0.25, 0.3) is 0 Å². The van der Waals surface area contributed by atoms with E-state index in [0.29, 0.717) is 0 Å². The molecule has 0 aliphatic rings. The summed E-state index contributed by atoms with van der Waals surface area (Å²) in [4.78, 5) is 24.5. The summed E-state index contributed by atoms with van der Waals surface area (Å²) in [5, 5.41) is 0. The van der Waals surface area contributed by atoms with Crippen LogP contribution in [0.3, 0.4) is 0 Å². The maximum Gasteiger partial charge on any atom is 0.316 e. The molecule has 0 saturated carbocycles. The van der Waals surface area contributed by atoms with E-state index in [2.05, 4.69) is 0 Å². The van der Waals surface area contributed by atoms with Gasteiger partial charge in [0.25, 0.3) is 0 Å². The van der Waals surface area contributed by atoms with Crippen LogP contribution in [-0.4, -0.2) is 24.1 Å². The number of esters is 2. The molecular weight excluding hydrogens is 268 g/mol. The number of hydrogen-bond acceptors (Lipinski definition) is 4. The highest BCUT2D eigenvalue weighted by Crippen LogP contribution is 2.30. The molecule has 1 aromatic carbocycles. The number of rotatable bonds is 5. The van der Waals surface area contributed by atoms with Gasteiger partial charge in [-0.25, -0.2) is 0 Å². The summed E-state index contributed by atoms with van der Waals surface area (Å²) >= 11 is 0. The predicted octanol–water partition coefficient (Wildman–Crippen LogP) is 3.24. The number of ether oxygens (including phenoxy) is 2. The Hall–Kier alpha value is -1.84. The Morgan fingerprint density at radius 1 is 1.05 bits per heavy atom. The van der Waals surface area contributed by atoms with Crippen molar-refractivity contribution in [3.05, 3.63) is 35.9 Å². The van der Waals surface area contributed by atoms with Gasteiger partial charge in [-0.3, -0.25) is 9.59 Å². The molecule has 0 N–H and O–H groups in total. The molecule has 0 bridgehead atoms. The first-order valence-electron chi connectivity index (χ1n) is 7.13. The van der Waals surface area contributed by atoms with E-state index < -0.39 is 23.0 Å². The Balaban J connectivity index is 3.04. The Morgan fingerprint density at radius 2 is 1.62 bits per heavy atom. The molecule has 1 rings (SSSR count). The molecule has 4 heteroatoms. The van der Waals surface area contributed by atoms with Crippen molar-refractivity contribution in [2.24, 2.45) is 0 Å². The van der Waals surface area contributed by atoms with Crippen LogP contribution in [-0.2, 0) is 24.5 Å². The molecule has 0 radical (unpaired) electrons. The molecule has 1 unspecified atom stereocenters. The highest BCUT2D eigenvalue weighted by atomic mass is 16.6. The number of benzene rings is 1. The molecule has 0 aromatic heterocycles. The summed E-state index contributed by atoms with van der Waals surface area (Å²) in [7, 11) is 0. The number of carbonyl (C=O) groups excluding carboxylic acids is 2. The molecular formula is C17H24O4. The van der Waals surface area contributed by atoms with Crippen molar-refractivity contribution in [1.29, 1.82) is 0 Å². The predicted molar refractivity (Wildman–Crippen MR) is 80.9 cm³/mol. The topological polar surface area (TPSA) is 52.6 Å². The van der Waals surface area contributed by atoms with Gasteiger partial charge in [-0.15, -0.1) is 0 Å². The monoisotopic (exact) mass is 292 g/mol. The average molecular weight is 292 g/mol. The molecule has 0 aliphatic carbocycles. The van der Waals surface area contributed by atoms with Crippen LogP contribution in [0.1, 0.15) is 46.6 Å². The van der Waals surface area contributed by atoms with E-state index in [1.165, 1.54) is 0 Å². The first-order valence-corrected chi connectivity index (χ1v) is 7.13. The van der Waals surface area contributed by atoms with E-state index >= 15 is 0 Å². The van der Waals surface area contributed by atoms with Crippen molar-refractivity contribution < 1.29 is 19.1 Å². The van der Waals surface area contributed by atoms with Crippen LogP contribution in [0.5, 0.6) is 0 Å². The quantitative estimate of drug-likeness (QED) is 0.782. The Labute approximate surface area is 126 Å². The highest BCUT2D eigenvalue weighted by Gasteiger charge is 2.40. The molecule has 1 aromatic rings. The molecule has 0 fully saturated rings. The Bertz CT molecular complexity index is 487. The zero-order valence-electron chi connectivity index (χ0n) is 13.4. The fourth-order valence-electron chi connectivity index (χ4n) is 2.05. The lowest BCUT2D eigenvalue weighted by Crippen LogP contribution is -2.38. The molecule has 116 valence electrons. The van der Waals surface area contributed by atoms with Crippen molar-refractivity contribution in [3.8, 4) is 0 Å². The minimum absolute atomic E-state index is 0.0485. The van der Waals surface area contributed by atoms with Gasteiger partial charge >= 0.3 is 11.9 Å². The van der Waals surface area contributed by atoms with E-state index in [4.69, 9.17) is 9.47 Å². The van der Waals surface area contributed by atoms with Gasteiger partial charge < -0.3 is 9.47 Å². The molecule has 0 aliphatic heterocycles. The standard InChI is InChI=1S/C17H24O4/c1-6-20-15(19)17(5,13-10-8-7-9-11-13)12-14(18)21-16(2,3)4/h7-11H,6,12H2,1-5H3. The molecule has 1 atom stereocenters. The minimum atomic E-state index is -1.04. The molecule has 0 amide bonds. The second-order valence-electron chi connectivity index (χ2n) is 6.18. The van der Waals surface area contributed by atoms with Gasteiger partial charge in [0.2, 0.25) is 0 Å². The Morgan fingerprint density at radius 3 is 2.10 bits per heavy atom. The van der Waals surface area contributed by atoms with Crippen LogP contribution >= 0.6 is 0 Å². The third-order valence-electron chi connectivity index (χ3n) is 3.05. The summed E-state index contributed by atoms with van der Waals surface area (Å²) in [6.45, 7) is 9.13. The van der Waals surface area contributed by atoms with Crippen molar-refractivity contribution in [3.63, 3.8) is 0 Å². The smallest absolute Gasteiger partial charge is 0.316 e. The van der Waals surface area contributed by atoms with Crippen molar-refractivity contribution in [1.82, 2.24) is 0 Å². The third-order valence-corrected chi connectivity index (χ3v) is 3.05. The summed E-state index contributed by atoms with van der Waals surface area (Å²) in [6, 6.07) is 9.18. The van der Waals surface area contributed by atoms with Gasteiger partial charge in [0, 0.05) is 0 Å². The van der Waals surface area contributed by atoms with E-state index in [-0.39, 0.29) is 13.0 Å². The molecule has 0 saturated heterocycles. The zero-order valence-corrected chi connectivity index (χ0v) is 13.4. The van der Waals surface area contributed by atoms with Crippen LogP contribution in [0.2, 0.25) is 0 Å². The van der Waals surface area contributed by atoms with Gasteiger partial charge in [0.15, 0.2) is 0 Å². The van der Waals surface area contributed by atoms with Gasteiger partial charge in [0.05, 0.1) is 13.0 Å². The number of hydrogen-bond donors (Lipinski definition) is 0. The van der Waals surface area contributed by atoms with E-state index in [9.17, 15) is 9.59 Å². The fourth-order valence-corrected chi connectivity index (χ4v) is 2.05. The minimum Gasteiger partial charge on any atom is -0.465 e. The molecule has 0 spiro atoms. The average Bonchev–Trinajstić information content (AvgIpc) is 2.37. The second-order valence-corrected chi connectivity index (χ2v) is 6.18. The maximum absolute atomic E-state index is 12.3. The van der Waals surface area contributed by atoms with Crippen molar-refractivity contribution in [2.45, 2.75) is 52.1 Å². The van der Waals surface area contributed by atoms with Crippen LogP contribution in [0.4, 0.5) is 0 Å². The molecule has 21 heavy (non-hydrogen) atoms. The van der Waals surface area contributed by atoms with Gasteiger partial charge in [-0.05, 0) is 40.2 Å². The third kappa shape index (κ3) is 4.88. The second kappa shape index (κ2) is 6.74. The summed E-state index contributed by atoms with van der Waals surface area (Å²) in [5.74, 6) is -0.830. The van der Waals surface area contributed by atoms with E-state index in [1.807, 2.05) is 30.3 Å². The van der Waals surface area contributed by atoms with Gasteiger partial charge in [-0.2, -0.15) is 0 Å². The van der Waals surface area contributed by atoms with E-state index in [0.717, 1.165) is 5.56 Å². The van der Waals surface area contributed by atoms with E-state index in [1.54, 1.807) is 34.6 Å². The van der Waals surface area contributed by atoms with Crippen LogP contribution in [0.15, 0.2) is 30.3 Å². The van der Waals surface area contributed by atoms with Gasteiger partial charge in [-0.1, -0.05) is 30.3 Å². The largest absolute Gasteiger partial charge is 0.465 e. The molecule has 4 nitrogen and oxygen atoms in total. The highest BCUT2D eigenvalue weighted by molar-refractivity contribution is 5.88. The normalized spacial score (nSPS) is 14.1. The first kappa shape index (κ1) is 17.2. The first-order chi connectivity index (χ1) is 9.69. The molecule has 0 heterocycles. The SMILES string of the molecule is CCOC(=O)C(C)(CC(=O)OC(C)(C)C)c1ccccc1. The summed E-state index contributed by atoms with van der Waals surface area (Å²) < 4.78 is 10.5. The summed E-state index contributed by atoms with van der Waals surface area (Å²) in [5.41, 5.74) is -0.877. The number of carbonyl (C=O) groups is 2. The fraction of sp³-hybridized carbons (Fsp3) is 0.529. The zero-order chi connectivity index (χ0) is 16.1. The van der Waals surface area contributed by atoms with Crippen LogP contribution < -0.4 is 0 Å². The maximum atomic E-state index is 12.3. The summed E-state index contributed by atoms with van der Waals surface area (Å²) in [6.07, 6.45) is -0.0485. The van der Waals surface area contributed by atoms with Gasteiger partial charge in [0.1, 0.15) is 11.0 Å². The Kier molecular flexibility index (Phi) is 5.53. The lowest BCUT2D eigenvalue weighted by molar-refractivity contribution is -0.162. The van der Waals surface area contributed by atoms with Crippen molar-refractivity contribution >= 4 is 11.9 Å². The van der Waals surface area contributed by atoms with Crippen molar-refractivity contribution in [2.75, 3.05) is 6.61 Å². The lowest BCUT2D eigenvalue weighted by Gasteiger charge is -2.28. The van der Waals surface area contributed by atoms with Crippen LogP contribution in [0, 0.1) is 0 Å². The lowest BCUT2D eigenvalue weighted by atomic mass is 9.79.